The van der Waals surface area contributed by atoms with Gasteiger partial charge in [0.05, 0.1) is 11.1 Å². The molecule has 2 rings (SSSR count). The van der Waals surface area contributed by atoms with Crippen LogP contribution in [0.25, 0.3) is 0 Å². The molecule has 2 nitrogen and oxygen atoms in total. The molecule has 26 heavy (non-hydrogen) atoms. The van der Waals surface area contributed by atoms with Crippen molar-refractivity contribution in [2.24, 2.45) is 5.92 Å². The van der Waals surface area contributed by atoms with Crippen LogP contribution in [0.3, 0.4) is 0 Å². The first-order chi connectivity index (χ1) is 12.1. The van der Waals surface area contributed by atoms with Gasteiger partial charge >= 0.3 is 12.4 Å². The van der Waals surface area contributed by atoms with Crippen LogP contribution in [0.4, 0.5) is 26.3 Å². The number of benzene rings is 1. The highest BCUT2D eigenvalue weighted by atomic mass is 19.4. The Labute approximate surface area is 149 Å². The molecular weight excluding hydrogens is 358 g/mol. The zero-order valence-corrected chi connectivity index (χ0v) is 14.8. The molecule has 148 valence electrons. The van der Waals surface area contributed by atoms with Crippen LogP contribution in [-0.2, 0) is 12.4 Å². The predicted molar refractivity (Wildman–Crippen MR) is 87.7 cm³/mol. The zero-order chi connectivity index (χ0) is 19.5. The third-order valence-electron chi connectivity index (χ3n) is 4.83. The van der Waals surface area contributed by atoms with E-state index in [0.717, 1.165) is 6.42 Å². The zero-order valence-electron chi connectivity index (χ0n) is 14.8. The smallest absolute Gasteiger partial charge is 0.314 e. The van der Waals surface area contributed by atoms with Crippen LogP contribution < -0.4 is 5.32 Å². The molecule has 1 saturated heterocycles. The first kappa shape index (κ1) is 21.0. The number of hydrogen-bond donors (Lipinski definition) is 1. The highest BCUT2D eigenvalue weighted by Crippen LogP contribution is 2.43. The second-order valence-electron chi connectivity index (χ2n) is 6.79. The van der Waals surface area contributed by atoms with Crippen molar-refractivity contribution < 1.29 is 26.3 Å². The SMILES string of the molecule is CCCC(C)[C@H](c1cc(C(F)(F)F)ccc1C(F)(F)F)N1CCNCC1. The van der Waals surface area contributed by atoms with E-state index in [1.807, 2.05) is 18.7 Å². The van der Waals surface area contributed by atoms with E-state index in [9.17, 15) is 26.3 Å². The third-order valence-corrected chi connectivity index (χ3v) is 4.83. The molecular formula is C18H24F6N2. The molecule has 0 spiro atoms. The molecule has 1 heterocycles. The summed E-state index contributed by atoms with van der Waals surface area (Å²) in [7, 11) is 0. The molecule has 0 bridgehead atoms. The molecule has 0 aliphatic carbocycles. The van der Waals surface area contributed by atoms with E-state index >= 15 is 0 Å². The van der Waals surface area contributed by atoms with Gasteiger partial charge in [-0.2, -0.15) is 26.3 Å². The van der Waals surface area contributed by atoms with Gasteiger partial charge in [-0.25, -0.2) is 0 Å². The largest absolute Gasteiger partial charge is 0.416 e. The summed E-state index contributed by atoms with van der Waals surface area (Å²) in [6, 6.07) is 1.09. The summed E-state index contributed by atoms with van der Waals surface area (Å²) in [5, 5.41) is 3.13. The molecule has 1 fully saturated rings. The molecule has 0 saturated carbocycles. The molecule has 1 aliphatic rings. The second-order valence-corrected chi connectivity index (χ2v) is 6.79. The Hall–Kier alpha value is -1.28. The molecule has 1 N–H and O–H groups in total. The first-order valence-electron chi connectivity index (χ1n) is 8.78. The normalized spacial score (nSPS) is 19.4. The maximum Gasteiger partial charge on any atom is 0.416 e. The lowest BCUT2D eigenvalue weighted by atomic mass is 9.85. The minimum atomic E-state index is -4.70. The Morgan fingerprint density at radius 3 is 2.15 bits per heavy atom. The summed E-state index contributed by atoms with van der Waals surface area (Å²) >= 11 is 0. The van der Waals surface area contributed by atoms with Crippen molar-refractivity contribution >= 4 is 0 Å². The maximum atomic E-state index is 13.5. The Morgan fingerprint density at radius 2 is 1.65 bits per heavy atom. The minimum Gasteiger partial charge on any atom is -0.314 e. The lowest BCUT2D eigenvalue weighted by Gasteiger charge is -2.40. The van der Waals surface area contributed by atoms with E-state index in [2.05, 4.69) is 5.32 Å². The fourth-order valence-electron chi connectivity index (χ4n) is 3.68. The molecule has 1 unspecified atom stereocenters. The summed E-state index contributed by atoms with van der Waals surface area (Å²) in [6.07, 6.45) is -7.98. The van der Waals surface area contributed by atoms with E-state index in [1.165, 1.54) is 0 Å². The van der Waals surface area contributed by atoms with Gasteiger partial charge in [0, 0.05) is 32.2 Å². The van der Waals surface area contributed by atoms with Crippen molar-refractivity contribution in [3.63, 3.8) is 0 Å². The highest BCUT2D eigenvalue weighted by molar-refractivity contribution is 5.38. The Balaban J connectivity index is 2.59. The Morgan fingerprint density at radius 1 is 1.04 bits per heavy atom. The number of piperazine rings is 1. The van der Waals surface area contributed by atoms with Crippen LogP contribution in [0.2, 0.25) is 0 Å². The van der Waals surface area contributed by atoms with Crippen molar-refractivity contribution in [2.75, 3.05) is 26.2 Å². The first-order valence-corrected chi connectivity index (χ1v) is 8.78. The van der Waals surface area contributed by atoms with Crippen molar-refractivity contribution in [1.29, 1.82) is 0 Å². The molecule has 1 aromatic carbocycles. The molecule has 0 aromatic heterocycles. The molecule has 0 amide bonds. The average Bonchev–Trinajstić information content (AvgIpc) is 2.54. The van der Waals surface area contributed by atoms with Crippen molar-refractivity contribution in [3.05, 3.63) is 34.9 Å². The standard InChI is InChI=1S/C18H24F6N2/c1-3-4-12(2)16(26-9-7-25-8-10-26)14-11-13(17(19,20)21)5-6-15(14)18(22,23)24/h5-6,11-12,16,25H,3-4,7-10H2,1-2H3/t12?,16-/m1/s1. The van der Waals surface area contributed by atoms with Crippen LogP contribution in [0.15, 0.2) is 18.2 Å². The van der Waals surface area contributed by atoms with Gasteiger partial charge in [-0.15, -0.1) is 0 Å². The number of alkyl halides is 6. The van der Waals surface area contributed by atoms with E-state index in [1.54, 1.807) is 0 Å². The van der Waals surface area contributed by atoms with Crippen LogP contribution in [0.5, 0.6) is 0 Å². The molecule has 0 radical (unpaired) electrons. The van der Waals surface area contributed by atoms with Crippen molar-refractivity contribution in [1.82, 2.24) is 10.2 Å². The average molecular weight is 382 g/mol. The van der Waals surface area contributed by atoms with Gasteiger partial charge < -0.3 is 5.32 Å². The van der Waals surface area contributed by atoms with Crippen molar-refractivity contribution in [3.8, 4) is 0 Å². The number of nitrogens with one attached hydrogen (secondary N) is 1. The van der Waals surface area contributed by atoms with Gasteiger partial charge in [0.15, 0.2) is 0 Å². The Bertz CT molecular complexity index is 590. The summed E-state index contributed by atoms with van der Waals surface area (Å²) in [5.41, 5.74) is -2.28. The summed E-state index contributed by atoms with van der Waals surface area (Å²) in [6.45, 7) is 5.96. The van der Waals surface area contributed by atoms with Crippen LogP contribution >= 0.6 is 0 Å². The number of halogens is 6. The topological polar surface area (TPSA) is 15.3 Å². The van der Waals surface area contributed by atoms with E-state index < -0.39 is 29.5 Å². The van der Waals surface area contributed by atoms with Gasteiger partial charge in [-0.3, -0.25) is 4.90 Å². The van der Waals surface area contributed by atoms with Crippen LogP contribution in [0.1, 0.15) is 49.4 Å². The van der Waals surface area contributed by atoms with Gasteiger partial charge in [-0.05, 0) is 36.1 Å². The van der Waals surface area contributed by atoms with Gasteiger partial charge in [0.25, 0.3) is 0 Å². The number of nitrogens with zero attached hydrogens (tertiary/aromatic N) is 1. The number of rotatable bonds is 5. The van der Waals surface area contributed by atoms with Gasteiger partial charge in [-0.1, -0.05) is 20.3 Å². The van der Waals surface area contributed by atoms with Crippen LogP contribution in [0, 0.1) is 5.92 Å². The van der Waals surface area contributed by atoms with E-state index in [-0.39, 0.29) is 11.5 Å². The molecule has 1 aliphatic heterocycles. The van der Waals surface area contributed by atoms with E-state index in [0.29, 0.717) is 50.8 Å². The molecule has 1 aromatic rings. The number of hydrogen-bond acceptors (Lipinski definition) is 2. The second kappa shape index (κ2) is 8.17. The van der Waals surface area contributed by atoms with Gasteiger partial charge in [0.2, 0.25) is 0 Å². The lowest BCUT2D eigenvalue weighted by Crippen LogP contribution is -2.47. The fourth-order valence-corrected chi connectivity index (χ4v) is 3.68. The predicted octanol–water partition coefficient (Wildman–Crippen LogP) is 5.11. The van der Waals surface area contributed by atoms with Crippen LogP contribution in [-0.4, -0.2) is 31.1 Å². The van der Waals surface area contributed by atoms with Crippen molar-refractivity contribution in [2.45, 2.75) is 45.1 Å². The maximum absolute atomic E-state index is 13.5. The fraction of sp³-hybridized carbons (Fsp3) is 0.667. The lowest BCUT2D eigenvalue weighted by molar-refractivity contribution is -0.142. The third kappa shape index (κ3) is 4.91. The molecule has 2 atom stereocenters. The summed E-state index contributed by atoms with van der Waals surface area (Å²) < 4.78 is 80.1. The molecule has 8 heteroatoms. The summed E-state index contributed by atoms with van der Waals surface area (Å²) in [4.78, 5) is 1.88. The quantitative estimate of drug-likeness (QED) is 0.713. The summed E-state index contributed by atoms with van der Waals surface area (Å²) in [5.74, 6) is -0.192. The van der Waals surface area contributed by atoms with Gasteiger partial charge in [0.1, 0.15) is 0 Å². The highest BCUT2D eigenvalue weighted by Gasteiger charge is 2.40. The Kier molecular flexibility index (Phi) is 6.60. The monoisotopic (exact) mass is 382 g/mol. The minimum absolute atomic E-state index is 0.192. The van der Waals surface area contributed by atoms with E-state index in [4.69, 9.17) is 0 Å².